The highest BCUT2D eigenvalue weighted by Gasteiger charge is 2.29. The fourth-order valence-corrected chi connectivity index (χ4v) is 3.30. The molecule has 1 aliphatic heterocycles. The molecular formula is C15H33N3. The Bertz CT molecular complexity index is 216. The van der Waals surface area contributed by atoms with Gasteiger partial charge in [-0.2, -0.15) is 0 Å². The van der Waals surface area contributed by atoms with Crippen molar-refractivity contribution in [2.24, 2.45) is 0 Å². The first-order valence-corrected chi connectivity index (χ1v) is 7.83. The van der Waals surface area contributed by atoms with E-state index in [0.717, 1.165) is 12.6 Å². The molecule has 0 bridgehead atoms. The molecule has 0 radical (unpaired) electrons. The van der Waals surface area contributed by atoms with Gasteiger partial charge >= 0.3 is 0 Å². The predicted molar refractivity (Wildman–Crippen MR) is 80.1 cm³/mol. The van der Waals surface area contributed by atoms with Crippen LogP contribution in [0.15, 0.2) is 0 Å². The molecule has 1 heterocycles. The zero-order valence-electron chi connectivity index (χ0n) is 13.1. The van der Waals surface area contributed by atoms with Crippen LogP contribution in [0.2, 0.25) is 0 Å². The number of rotatable bonds is 8. The monoisotopic (exact) mass is 255 g/mol. The van der Waals surface area contributed by atoms with E-state index in [-0.39, 0.29) is 0 Å². The smallest absolute Gasteiger partial charge is 0.0235 e. The molecule has 3 unspecified atom stereocenters. The topological polar surface area (TPSA) is 18.5 Å². The third-order valence-electron chi connectivity index (χ3n) is 4.39. The van der Waals surface area contributed by atoms with Crippen molar-refractivity contribution < 1.29 is 0 Å². The molecule has 18 heavy (non-hydrogen) atoms. The summed E-state index contributed by atoms with van der Waals surface area (Å²) in [6.07, 6.45) is 2.61. The molecule has 0 aromatic carbocycles. The third kappa shape index (κ3) is 4.52. The zero-order chi connectivity index (χ0) is 13.5. The van der Waals surface area contributed by atoms with Crippen LogP contribution in [-0.2, 0) is 0 Å². The Kier molecular flexibility index (Phi) is 7.20. The second-order valence-electron chi connectivity index (χ2n) is 5.70. The van der Waals surface area contributed by atoms with Crippen LogP contribution in [0, 0.1) is 0 Å². The Morgan fingerprint density at radius 3 is 2.44 bits per heavy atom. The van der Waals surface area contributed by atoms with Crippen LogP contribution in [0.25, 0.3) is 0 Å². The van der Waals surface area contributed by atoms with Crippen LogP contribution < -0.4 is 5.32 Å². The van der Waals surface area contributed by atoms with Gasteiger partial charge in [0.15, 0.2) is 0 Å². The lowest BCUT2D eigenvalue weighted by molar-refractivity contribution is 0.183. The summed E-state index contributed by atoms with van der Waals surface area (Å²) in [5.74, 6) is 0. The molecule has 1 fully saturated rings. The van der Waals surface area contributed by atoms with Gasteiger partial charge in [-0.15, -0.1) is 0 Å². The van der Waals surface area contributed by atoms with Crippen molar-refractivity contribution in [2.45, 2.75) is 65.6 Å². The first-order valence-electron chi connectivity index (χ1n) is 7.83. The number of nitrogens with zero attached hydrogens (tertiary/aromatic N) is 2. The van der Waals surface area contributed by atoms with Crippen molar-refractivity contribution in [1.29, 1.82) is 0 Å². The largest absolute Gasteiger partial charge is 0.314 e. The highest BCUT2D eigenvalue weighted by atomic mass is 15.3. The van der Waals surface area contributed by atoms with Gasteiger partial charge in [-0.05, 0) is 46.3 Å². The molecule has 1 N–H and O–H groups in total. The van der Waals surface area contributed by atoms with Crippen molar-refractivity contribution in [1.82, 2.24) is 15.1 Å². The molecule has 0 saturated carbocycles. The van der Waals surface area contributed by atoms with Gasteiger partial charge < -0.3 is 5.32 Å². The summed E-state index contributed by atoms with van der Waals surface area (Å²) in [5.41, 5.74) is 0. The number of hydrogen-bond acceptors (Lipinski definition) is 3. The van der Waals surface area contributed by atoms with E-state index in [1.165, 1.54) is 39.0 Å². The van der Waals surface area contributed by atoms with E-state index in [2.05, 4.69) is 49.7 Å². The minimum absolute atomic E-state index is 0.637. The first-order chi connectivity index (χ1) is 8.62. The summed E-state index contributed by atoms with van der Waals surface area (Å²) in [7, 11) is 0. The molecule has 0 spiro atoms. The van der Waals surface area contributed by atoms with E-state index in [9.17, 15) is 0 Å². The van der Waals surface area contributed by atoms with E-state index in [1.54, 1.807) is 0 Å². The van der Waals surface area contributed by atoms with Crippen LogP contribution in [0.5, 0.6) is 0 Å². The van der Waals surface area contributed by atoms with Crippen molar-refractivity contribution in [3.63, 3.8) is 0 Å². The fourth-order valence-electron chi connectivity index (χ4n) is 3.30. The van der Waals surface area contributed by atoms with Gasteiger partial charge in [0.25, 0.3) is 0 Å². The van der Waals surface area contributed by atoms with Gasteiger partial charge in [0, 0.05) is 31.2 Å². The van der Waals surface area contributed by atoms with Gasteiger partial charge in [-0.1, -0.05) is 20.8 Å². The lowest BCUT2D eigenvalue weighted by Crippen LogP contribution is -2.41. The average molecular weight is 255 g/mol. The van der Waals surface area contributed by atoms with Crippen molar-refractivity contribution in [2.75, 3.05) is 32.7 Å². The predicted octanol–water partition coefficient (Wildman–Crippen LogP) is 2.18. The van der Waals surface area contributed by atoms with E-state index in [4.69, 9.17) is 0 Å². The maximum Gasteiger partial charge on any atom is 0.0235 e. The SMILES string of the molecule is CCNC(C)CC(C)N1CCC(N(CC)CC)C1. The quantitative estimate of drug-likeness (QED) is 0.717. The highest BCUT2D eigenvalue weighted by molar-refractivity contribution is 4.86. The number of hydrogen-bond donors (Lipinski definition) is 1. The minimum Gasteiger partial charge on any atom is -0.314 e. The average Bonchev–Trinajstić information content (AvgIpc) is 2.80. The Labute approximate surface area is 114 Å². The number of likely N-dealkylation sites (N-methyl/N-ethyl adjacent to an activating group) is 1. The van der Waals surface area contributed by atoms with Crippen LogP contribution in [-0.4, -0.2) is 60.6 Å². The Morgan fingerprint density at radius 2 is 1.89 bits per heavy atom. The second kappa shape index (κ2) is 8.13. The van der Waals surface area contributed by atoms with Crippen molar-refractivity contribution in [3.8, 4) is 0 Å². The van der Waals surface area contributed by atoms with E-state index in [0.29, 0.717) is 12.1 Å². The second-order valence-corrected chi connectivity index (χ2v) is 5.70. The van der Waals surface area contributed by atoms with E-state index in [1.807, 2.05) is 0 Å². The Morgan fingerprint density at radius 1 is 1.22 bits per heavy atom. The number of nitrogens with one attached hydrogen (secondary N) is 1. The van der Waals surface area contributed by atoms with Gasteiger partial charge in [0.2, 0.25) is 0 Å². The summed E-state index contributed by atoms with van der Waals surface area (Å²) < 4.78 is 0. The van der Waals surface area contributed by atoms with Crippen molar-refractivity contribution in [3.05, 3.63) is 0 Å². The summed E-state index contributed by atoms with van der Waals surface area (Å²) in [5, 5.41) is 3.52. The molecule has 0 amide bonds. The fraction of sp³-hybridized carbons (Fsp3) is 1.00. The summed E-state index contributed by atoms with van der Waals surface area (Å²) in [6.45, 7) is 17.4. The molecular weight excluding hydrogens is 222 g/mol. The van der Waals surface area contributed by atoms with Crippen LogP contribution >= 0.6 is 0 Å². The molecule has 1 saturated heterocycles. The minimum atomic E-state index is 0.637. The zero-order valence-corrected chi connectivity index (χ0v) is 13.1. The molecule has 3 atom stereocenters. The van der Waals surface area contributed by atoms with Gasteiger partial charge in [0.05, 0.1) is 0 Å². The molecule has 0 aliphatic carbocycles. The molecule has 3 nitrogen and oxygen atoms in total. The van der Waals surface area contributed by atoms with E-state index >= 15 is 0 Å². The third-order valence-corrected chi connectivity index (χ3v) is 4.39. The van der Waals surface area contributed by atoms with E-state index < -0.39 is 0 Å². The molecule has 1 rings (SSSR count). The maximum absolute atomic E-state index is 3.52. The summed E-state index contributed by atoms with van der Waals surface area (Å²) in [6, 6.07) is 2.13. The molecule has 108 valence electrons. The van der Waals surface area contributed by atoms with Crippen LogP contribution in [0.3, 0.4) is 0 Å². The van der Waals surface area contributed by atoms with Gasteiger partial charge in [-0.25, -0.2) is 0 Å². The van der Waals surface area contributed by atoms with Gasteiger partial charge in [-0.3, -0.25) is 9.80 Å². The standard InChI is InChI=1S/C15H33N3/c1-6-16-13(4)11-14(5)18-10-9-15(12-18)17(7-2)8-3/h13-16H,6-12H2,1-5H3. The molecule has 3 heteroatoms. The number of likely N-dealkylation sites (tertiary alicyclic amines) is 1. The molecule has 0 aromatic rings. The Hall–Kier alpha value is -0.120. The first kappa shape index (κ1) is 15.9. The van der Waals surface area contributed by atoms with Crippen LogP contribution in [0.1, 0.15) is 47.5 Å². The Balaban J connectivity index is 2.36. The summed E-state index contributed by atoms with van der Waals surface area (Å²) >= 11 is 0. The highest BCUT2D eigenvalue weighted by Crippen LogP contribution is 2.19. The van der Waals surface area contributed by atoms with Gasteiger partial charge in [0.1, 0.15) is 0 Å². The summed E-state index contributed by atoms with van der Waals surface area (Å²) in [4.78, 5) is 5.29. The van der Waals surface area contributed by atoms with Crippen LogP contribution in [0.4, 0.5) is 0 Å². The molecule has 0 aromatic heterocycles. The van der Waals surface area contributed by atoms with Crippen molar-refractivity contribution >= 4 is 0 Å². The maximum atomic E-state index is 3.52. The lowest BCUT2D eigenvalue weighted by Gasteiger charge is -2.29. The molecule has 1 aliphatic rings. The lowest BCUT2D eigenvalue weighted by atomic mass is 10.1. The normalized spacial score (nSPS) is 24.7.